The Balaban J connectivity index is 1.41. The van der Waals surface area contributed by atoms with Gasteiger partial charge in [0.25, 0.3) is 0 Å². The maximum Gasteiger partial charge on any atom is 0.244 e. The molecule has 1 aliphatic rings. The van der Waals surface area contributed by atoms with Gasteiger partial charge in [-0.3, -0.25) is 9.69 Å². The molecule has 5 heteroatoms. The van der Waals surface area contributed by atoms with Crippen molar-refractivity contribution in [2.24, 2.45) is 0 Å². The summed E-state index contributed by atoms with van der Waals surface area (Å²) in [5.41, 5.74) is 2.07. The maximum absolute atomic E-state index is 12.9. The van der Waals surface area contributed by atoms with Crippen molar-refractivity contribution in [2.45, 2.75) is 13.0 Å². The van der Waals surface area contributed by atoms with E-state index in [2.05, 4.69) is 46.3 Å². The number of piperazine rings is 1. The smallest absolute Gasteiger partial charge is 0.244 e. The molecule has 0 bridgehead atoms. The summed E-state index contributed by atoms with van der Waals surface area (Å²) in [7, 11) is 0. The second-order valence-corrected chi connectivity index (χ2v) is 6.84. The second-order valence-electron chi connectivity index (χ2n) is 6.84. The van der Waals surface area contributed by atoms with Gasteiger partial charge in [0.2, 0.25) is 5.91 Å². The van der Waals surface area contributed by atoms with E-state index >= 15 is 0 Å². The molecule has 2 aromatic rings. The summed E-state index contributed by atoms with van der Waals surface area (Å²) in [4.78, 5) is 16.8. The van der Waals surface area contributed by atoms with Crippen molar-refractivity contribution < 1.29 is 9.18 Å². The van der Waals surface area contributed by atoms with Crippen LogP contribution in [-0.2, 0) is 4.79 Å². The van der Waals surface area contributed by atoms with Crippen molar-refractivity contribution >= 4 is 17.7 Å². The Morgan fingerprint density at radius 2 is 1.74 bits per heavy atom. The highest BCUT2D eigenvalue weighted by Crippen LogP contribution is 2.16. The van der Waals surface area contributed by atoms with E-state index < -0.39 is 0 Å². The number of benzene rings is 2. The van der Waals surface area contributed by atoms with E-state index in [0.29, 0.717) is 6.54 Å². The molecule has 0 radical (unpaired) electrons. The fourth-order valence-electron chi connectivity index (χ4n) is 3.24. The van der Waals surface area contributed by atoms with Crippen LogP contribution in [0, 0.1) is 5.82 Å². The number of para-hydroxylation sites is 1. The molecule has 2 aromatic carbocycles. The molecule has 0 unspecified atom stereocenters. The highest BCUT2D eigenvalue weighted by atomic mass is 19.1. The standard InChI is InChI=1S/C22H26FN3O/c1-18(17-24-22(27)12-9-19-7-10-20(23)11-8-19)25-13-15-26(16-14-25)21-5-3-2-4-6-21/h2-12,18H,13-17H2,1H3,(H,24,27)/b12-9+/t18-/m0/s1. The molecule has 1 saturated heterocycles. The molecule has 1 aliphatic heterocycles. The third kappa shape index (κ3) is 5.66. The first-order chi connectivity index (χ1) is 13.1. The number of carbonyl (C=O) groups is 1. The fraction of sp³-hybridized carbons (Fsp3) is 0.318. The van der Waals surface area contributed by atoms with Crippen molar-refractivity contribution in [3.05, 3.63) is 72.1 Å². The van der Waals surface area contributed by atoms with Gasteiger partial charge < -0.3 is 10.2 Å². The Bertz CT molecular complexity index is 753. The summed E-state index contributed by atoms with van der Waals surface area (Å²) in [6.45, 7) is 6.70. The average molecular weight is 367 g/mol. The van der Waals surface area contributed by atoms with Gasteiger partial charge in [-0.15, -0.1) is 0 Å². The highest BCUT2D eigenvalue weighted by Gasteiger charge is 2.21. The molecule has 1 N–H and O–H groups in total. The molecule has 4 nitrogen and oxygen atoms in total. The minimum absolute atomic E-state index is 0.130. The molecule has 27 heavy (non-hydrogen) atoms. The van der Waals surface area contributed by atoms with Crippen LogP contribution in [-0.4, -0.2) is 49.6 Å². The molecule has 0 aromatic heterocycles. The molecule has 1 heterocycles. The van der Waals surface area contributed by atoms with Crippen LogP contribution in [0.15, 0.2) is 60.7 Å². The van der Waals surface area contributed by atoms with E-state index in [1.54, 1.807) is 18.2 Å². The fourth-order valence-corrected chi connectivity index (χ4v) is 3.24. The third-order valence-electron chi connectivity index (χ3n) is 4.93. The number of amides is 1. The molecule has 0 saturated carbocycles. The van der Waals surface area contributed by atoms with E-state index in [1.165, 1.54) is 23.9 Å². The average Bonchev–Trinajstić information content (AvgIpc) is 2.72. The quantitative estimate of drug-likeness (QED) is 0.797. The van der Waals surface area contributed by atoms with Crippen LogP contribution in [0.1, 0.15) is 12.5 Å². The first kappa shape index (κ1) is 19.1. The molecule has 1 atom stereocenters. The molecule has 142 valence electrons. The number of nitrogens with zero attached hydrogens (tertiary/aromatic N) is 2. The number of carbonyl (C=O) groups excluding carboxylic acids is 1. The maximum atomic E-state index is 12.9. The van der Waals surface area contributed by atoms with Crippen LogP contribution in [0.5, 0.6) is 0 Å². The predicted octanol–water partition coefficient (Wildman–Crippen LogP) is 3.17. The lowest BCUT2D eigenvalue weighted by atomic mass is 10.2. The van der Waals surface area contributed by atoms with Crippen LogP contribution < -0.4 is 10.2 Å². The lowest BCUT2D eigenvalue weighted by Gasteiger charge is -2.39. The van der Waals surface area contributed by atoms with E-state index in [1.807, 2.05) is 6.07 Å². The number of hydrogen-bond donors (Lipinski definition) is 1. The van der Waals surface area contributed by atoms with Crippen LogP contribution in [0.25, 0.3) is 6.08 Å². The van der Waals surface area contributed by atoms with Crippen LogP contribution in [0.2, 0.25) is 0 Å². The van der Waals surface area contributed by atoms with Crippen molar-refractivity contribution in [3.63, 3.8) is 0 Å². The number of halogens is 1. The van der Waals surface area contributed by atoms with E-state index in [9.17, 15) is 9.18 Å². The van der Waals surface area contributed by atoms with E-state index in [4.69, 9.17) is 0 Å². The summed E-state index contributed by atoms with van der Waals surface area (Å²) < 4.78 is 12.9. The highest BCUT2D eigenvalue weighted by molar-refractivity contribution is 5.91. The molecular weight excluding hydrogens is 341 g/mol. The van der Waals surface area contributed by atoms with Gasteiger partial charge in [-0.05, 0) is 42.8 Å². The summed E-state index contributed by atoms with van der Waals surface area (Å²) in [6, 6.07) is 16.8. The summed E-state index contributed by atoms with van der Waals surface area (Å²) in [6.07, 6.45) is 3.19. The summed E-state index contributed by atoms with van der Waals surface area (Å²) in [5, 5.41) is 2.95. The Labute approximate surface area is 160 Å². The van der Waals surface area contributed by atoms with Crippen LogP contribution in [0.4, 0.5) is 10.1 Å². The third-order valence-corrected chi connectivity index (χ3v) is 4.93. The minimum atomic E-state index is -0.280. The summed E-state index contributed by atoms with van der Waals surface area (Å²) >= 11 is 0. The van der Waals surface area contributed by atoms with Crippen molar-refractivity contribution in [1.29, 1.82) is 0 Å². The van der Waals surface area contributed by atoms with Crippen molar-refractivity contribution in [1.82, 2.24) is 10.2 Å². The largest absolute Gasteiger partial charge is 0.369 e. The molecule has 1 fully saturated rings. The van der Waals surface area contributed by atoms with Gasteiger partial charge in [0, 0.05) is 50.5 Å². The zero-order valence-electron chi connectivity index (χ0n) is 15.6. The second kappa shape index (κ2) is 9.33. The Morgan fingerprint density at radius 3 is 2.41 bits per heavy atom. The zero-order chi connectivity index (χ0) is 19.1. The normalized spacial score (nSPS) is 16.4. The topological polar surface area (TPSA) is 35.6 Å². The molecule has 1 amide bonds. The Morgan fingerprint density at radius 1 is 1.07 bits per heavy atom. The summed E-state index contributed by atoms with van der Waals surface area (Å²) in [5.74, 6) is -0.410. The van der Waals surface area contributed by atoms with Gasteiger partial charge in [0.1, 0.15) is 5.82 Å². The van der Waals surface area contributed by atoms with E-state index in [0.717, 1.165) is 31.7 Å². The number of rotatable bonds is 6. The molecule has 0 spiro atoms. The lowest BCUT2D eigenvalue weighted by molar-refractivity contribution is -0.116. The van der Waals surface area contributed by atoms with Crippen LogP contribution in [0.3, 0.4) is 0 Å². The van der Waals surface area contributed by atoms with Gasteiger partial charge in [-0.25, -0.2) is 4.39 Å². The Kier molecular flexibility index (Phi) is 6.60. The SMILES string of the molecule is C[C@@H](CNC(=O)/C=C/c1ccc(F)cc1)N1CCN(c2ccccc2)CC1. The lowest BCUT2D eigenvalue weighted by Crippen LogP contribution is -2.52. The zero-order valence-corrected chi connectivity index (χ0v) is 15.6. The molecule has 3 rings (SSSR count). The minimum Gasteiger partial charge on any atom is -0.369 e. The van der Waals surface area contributed by atoms with Gasteiger partial charge in [0.15, 0.2) is 0 Å². The number of anilines is 1. The molecular formula is C22H26FN3O. The van der Waals surface area contributed by atoms with Crippen molar-refractivity contribution in [3.8, 4) is 0 Å². The predicted molar refractivity (Wildman–Crippen MR) is 108 cm³/mol. The van der Waals surface area contributed by atoms with Gasteiger partial charge in [-0.2, -0.15) is 0 Å². The number of hydrogen-bond acceptors (Lipinski definition) is 3. The van der Waals surface area contributed by atoms with Crippen molar-refractivity contribution in [2.75, 3.05) is 37.6 Å². The first-order valence-corrected chi connectivity index (χ1v) is 9.37. The molecule has 0 aliphatic carbocycles. The van der Waals surface area contributed by atoms with Crippen LogP contribution >= 0.6 is 0 Å². The number of nitrogens with one attached hydrogen (secondary N) is 1. The van der Waals surface area contributed by atoms with Gasteiger partial charge in [0.05, 0.1) is 0 Å². The van der Waals surface area contributed by atoms with Gasteiger partial charge >= 0.3 is 0 Å². The first-order valence-electron chi connectivity index (χ1n) is 9.37. The van der Waals surface area contributed by atoms with E-state index in [-0.39, 0.29) is 17.8 Å². The monoisotopic (exact) mass is 367 g/mol. The van der Waals surface area contributed by atoms with Gasteiger partial charge in [-0.1, -0.05) is 30.3 Å². The Hall–Kier alpha value is -2.66.